The Morgan fingerprint density at radius 3 is 2.60 bits per heavy atom. The summed E-state index contributed by atoms with van der Waals surface area (Å²) in [6, 6.07) is 12.4. The fourth-order valence-corrected chi connectivity index (χ4v) is 3.41. The molecule has 5 heteroatoms. The van der Waals surface area contributed by atoms with Gasteiger partial charge < -0.3 is 9.88 Å². The van der Waals surface area contributed by atoms with Crippen LogP contribution in [0.25, 0.3) is 0 Å². The van der Waals surface area contributed by atoms with Crippen molar-refractivity contribution in [1.82, 2.24) is 14.8 Å². The Hall–Kier alpha value is -1.78. The highest BCUT2D eigenvalue weighted by atomic mass is 35.5. The van der Waals surface area contributed by atoms with Crippen LogP contribution < -0.4 is 5.32 Å². The van der Waals surface area contributed by atoms with Crippen molar-refractivity contribution in [1.29, 1.82) is 0 Å². The first kappa shape index (κ1) is 18.0. The summed E-state index contributed by atoms with van der Waals surface area (Å²) in [5.41, 5.74) is 2.38. The third-order valence-corrected chi connectivity index (χ3v) is 5.31. The Morgan fingerprint density at radius 2 is 1.92 bits per heavy atom. The first-order valence-corrected chi connectivity index (χ1v) is 9.27. The van der Waals surface area contributed by atoms with Gasteiger partial charge >= 0.3 is 0 Å². The topological polar surface area (TPSA) is 37.3 Å². The van der Waals surface area contributed by atoms with Gasteiger partial charge in [0.2, 0.25) is 5.91 Å². The third-order valence-electron chi connectivity index (χ3n) is 5.06. The van der Waals surface area contributed by atoms with Crippen LogP contribution in [0.1, 0.15) is 38.1 Å². The fourth-order valence-electron chi connectivity index (χ4n) is 3.28. The maximum atomic E-state index is 12.5. The van der Waals surface area contributed by atoms with Crippen LogP contribution in [0.5, 0.6) is 0 Å². The van der Waals surface area contributed by atoms with Crippen molar-refractivity contribution in [3.8, 4) is 0 Å². The zero-order chi connectivity index (χ0) is 18.0. The zero-order valence-electron chi connectivity index (χ0n) is 15.1. The van der Waals surface area contributed by atoms with Gasteiger partial charge in [-0.2, -0.15) is 0 Å². The lowest BCUT2D eigenvalue weighted by atomic mass is 10.00. The smallest absolute Gasteiger partial charge is 0.234 e. The fraction of sp³-hybridized carbons (Fsp3) is 0.450. The Morgan fingerprint density at radius 1 is 1.20 bits per heavy atom. The van der Waals surface area contributed by atoms with Crippen LogP contribution in [0.15, 0.2) is 42.6 Å². The van der Waals surface area contributed by atoms with E-state index in [0.717, 1.165) is 23.7 Å². The van der Waals surface area contributed by atoms with Gasteiger partial charge in [0.25, 0.3) is 0 Å². The summed E-state index contributed by atoms with van der Waals surface area (Å²) in [5.74, 6) is 0.509. The molecule has 3 rings (SSSR count). The molecule has 0 aliphatic carbocycles. The summed E-state index contributed by atoms with van der Waals surface area (Å²) in [6.07, 6.45) is 2.11. The minimum atomic E-state index is 0.0705. The summed E-state index contributed by atoms with van der Waals surface area (Å²) >= 11 is 6.05. The molecule has 1 amide bonds. The highest BCUT2D eigenvalue weighted by molar-refractivity contribution is 6.30. The molecule has 0 spiro atoms. The van der Waals surface area contributed by atoms with Gasteiger partial charge in [0, 0.05) is 36.0 Å². The predicted molar refractivity (Wildman–Crippen MR) is 102 cm³/mol. The number of aromatic nitrogens is 1. The van der Waals surface area contributed by atoms with Crippen molar-refractivity contribution in [3.05, 3.63) is 58.9 Å². The largest absolute Gasteiger partial charge is 0.352 e. The Bertz CT molecular complexity index is 723. The molecule has 0 saturated carbocycles. The summed E-state index contributed by atoms with van der Waals surface area (Å²) < 4.78 is 2.27. The van der Waals surface area contributed by atoms with E-state index in [4.69, 9.17) is 11.6 Å². The number of nitrogens with zero attached hydrogens (tertiary/aromatic N) is 2. The number of hydrogen-bond acceptors (Lipinski definition) is 2. The number of benzene rings is 1. The van der Waals surface area contributed by atoms with Gasteiger partial charge in [-0.1, -0.05) is 37.6 Å². The van der Waals surface area contributed by atoms with E-state index in [1.807, 2.05) is 12.1 Å². The molecule has 1 aromatic carbocycles. The van der Waals surface area contributed by atoms with E-state index in [1.54, 1.807) is 0 Å². The second-order valence-corrected chi connectivity index (χ2v) is 7.59. The zero-order valence-corrected chi connectivity index (χ0v) is 15.8. The number of carbonyl (C=O) groups excluding carboxylic acids is 1. The molecule has 0 radical (unpaired) electrons. The van der Waals surface area contributed by atoms with Gasteiger partial charge in [0.05, 0.1) is 12.6 Å². The SMILES string of the molecule is CC(C)C(C)NC(=O)CN1CCn2cccc2C1c1ccc(Cl)cc1. The number of rotatable bonds is 5. The summed E-state index contributed by atoms with van der Waals surface area (Å²) in [6.45, 7) is 8.44. The molecule has 134 valence electrons. The molecule has 1 aliphatic rings. The second kappa shape index (κ2) is 7.63. The number of nitrogens with one attached hydrogen (secondary N) is 1. The highest BCUT2D eigenvalue weighted by Crippen LogP contribution is 2.32. The first-order chi connectivity index (χ1) is 12.0. The highest BCUT2D eigenvalue weighted by Gasteiger charge is 2.30. The molecule has 25 heavy (non-hydrogen) atoms. The van der Waals surface area contributed by atoms with E-state index in [0.29, 0.717) is 12.5 Å². The van der Waals surface area contributed by atoms with E-state index in [2.05, 4.69) is 66.0 Å². The average molecular weight is 360 g/mol. The summed E-state index contributed by atoms with van der Waals surface area (Å²) in [5, 5.41) is 3.84. The Kier molecular flexibility index (Phi) is 5.50. The predicted octanol–water partition coefficient (Wildman–Crippen LogP) is 3.71. The third kappa shape index (κ3) is 4.07. The van der Waals surface area contributed by atoms with Crippen molar-refractivity contribution in [2.45, 2.75) is 39.4 Å². The Balaban J connectivity index is 1.82. The molecule has 1 aromatic heterocycles. The van der Waals surface area contributed by atoms with Crippen molar-refractivity contribution in [3.63, 3.8) is 0 Å². The molecule has 2 aromatic rings. The van der Waals surface area contributed by atoms with E-state index in [9.17, 15) is 4.79 Å². The molecule has 0 bridgehead atoms. The lowest BCUT2D eigenvalue weighted by Crippen LogP contribution is -2.47. The van der Waals surface area contributed by atoms with Gasteiger partial charge in [-0.05, 0) is 42.7 Å². The number of carbonyl (C=O) groups is 1. The molecule has 1 aliphatic heterocycles. The van der Waals surface area contributed by atoms with Gasteiger partial charge in [0.15, 0.2) is 0 Å². The summed E-state index contributed by atoms with van der Waals surface area (Å²) in [4.78, 5) is 14.8. The van der Waals surface area contributed by atoms with E-state index >= 15 is 0 Å². The molecular formula is C20H26ClN3O. The number of amides is 1. The van der Waals surface area contributed by atoms with Gasteiger partial charge in [-0.15, -0.1) is 0 Å². The van der Waals surface area contributed by atoms with Crippen LogP contribution in [-0.2, 0) is 11.3 Å². The molecule has 4 nitrogen and oxygen atoms in total. The van der Waals surface area contributed by atoms with Crippen molar-refractivity contribution in [2.24, 2.45) is 5.92 Å². The van der Waals surface area contributed by atoms with Crippen LogP contribution >= 0.6 is 11.6 Å². The van der Waals surface area contributed by atoms with Gasteiger partial charge in [-0.25, -0.2) is 0 Å². The molecule has 0 fully saturated rings. The van der Waals surface area contributed by atoms with Gasteiger partial charge in [0.1, 0.15) is 0 Å². The minimum Gasteiger partial charge on any atom is -0.352 e. The average Bonchev–Trinajstić information content (AvgIpc) is 3.04. The molecule has 0 saturated heterocycles. The quantitative estimate of drug-likeness (QED) is 0.883. The van der Waals surface area contributed by atoms with E-state index in [1.165, 1.54) is 5.69 Å². The first-order valence-electron chi connectivity index (χ1n) is 8.89. The van der Waals surface area contributed by atoms with Crippen LogP contribution in [0.2, 0.25) is 5.02 Å². The monoisotopic (exact) mass is 359 g/mol. The lowest BCUT2D eigenvalue weighted by molar-refractivity contribution is -0.123. The van der Waals surface area contributed by atoms with Crippen LogP contribution in [0, 0.1) is 5.92 Å². The standard InChI is InChI=1S/C20H26ClN3O/c1-14(2)15(3)22-19(25)13-24-12-11-23-10-4-5-18(23)20(24)16-6-8-17(21)9-7-16/h4-10,14-15,20H,11-13H2,1-3H3,(H,22,25). The normalized spacial score (nSPS) is 18.8. The molecule has 1 N–H and O–H groups in total. The van der Waals surface area contributed by atoms with Crippen LogP contribution in [-0.4, -0.2) is 34.5 Å². The maximum Gasteiger partial charge on any atom is 0.234 e. The second-order valence-electron chi connectivity index (χ2n) is 7.15. The van der Waals surface area contributed by atoms with Gasteiger partial charge in [-0.3, -0.25) is 9.69 Å². The number of hydrogen-bond donors (Lipinski definition) is 1. The number of halogens is 1. The maximum absolute atomic E-state index is 12.5. The molecule has 2 unspecified atom stereocenters. The van der Waals surface area contributed by atoms with Crippen molar-refractivity contribution >= 4 is 17.5 Å². The van der Waals surface area contributed by atoms with Crippen molar-refractivity contribution in [2.75, 3.05) is 13.1 Å². The minimum absolute atomic E-state index is 0.0705. The summed E-state index contributed by atoms with van der Waals surface area (Å²) in [7, 11) is 0. The van der Waals surface area contributed by atoms with E-state index in [-0.39, 0.29) is 18.0 Å². The van der Waals surface area contributed by atoms with Crippen LogP contribution in [0.4, 0.5) is 0 Å². The molecule has 2 heterocycles. The molecule has 2 atom stereocenters. The number of fused-ring (bicyclic) bond motifs is 1. The van der Waals surface area contributed by atoms with Crippen LogP contribution in [0.3, 0.4) is 0 Å². The lowest BCUT2D eigenvalue weighted by Gasteiger charge is -2.37. The van der Waals surface area contributed by atoms with E-state index < -0.39 is 0 Å². The van der Waals surface area contributed by atoms with Crippen molar-refractivity contribution < 1.29 is 4.79 Å². The Labute approximate surface area is 154 Å². The molecular weight excluding hydrogens is 334 g/mol.